The van der Waals surface area contributed by atoms with E-state index in [0.717, 1.165) is 0 Å². The van der Waals surface area contributed by atoms with Crippen LogP contribution >= 0.6 is 23.2 Å². The zero-order valence-corrected chi connectivity index (χ0v) is 9.47. The highest BCUT2D eigenvalue weighted by molar-refractivity contribution is 6.37. The highest BCUT2D eigenvalue weighted by Gasteiger charge is 2.17. The summed E-state index contributed by atoms with van der Waals surface area (Å²) in [5, 5.41) is 11.4. The van der Waals surface area contributed by atoms with Crippen molar-refractivity contribution in [1.29, 1.82) is 0 Å². The molecule has 0 heterocycles. The number of hydrogen-bond donors (Lipinski definition) is 3. The number of amides is 1. The second kappa shape index (κ2) is 5.16. The van der Waals surface area contributed by atoms with Gasteiger partial charge >= 0.3 is 5.97 Å². The number of carboxylic acids is 1. The Labute approximate surface area is 101 Å². The molecule has 0 unspecified atom stereocenters. The Kier molecular flexibility index (Phi) is 4.12. The number of carboxylic acid groups (broad SMARTS) is 1. The van der Waals surface area contributed by atoms with Gasteiger partial charge in [-0.1, -0.05) is 23.2 Å². The molecular weight excluding hydrogens is 255 g/mol. The standard InChI is InChI=1S/C9H8Cl2N2O3/c10-4-1-5(11)8(9(15)16)6(2-4)13-7(14)3-12/h1-2H,3,12H2,(H,13,14)(H,15,16). The molecule has 1 aromatic rings. The molecule has 0 aliphatic carbocycles. The summed E-state index contributed by atoms with van der Waals surface area (Å²) in [6.07, 6.45) is 0. The van der Waals surface area contributed by atoms with E-state index in [9.17, 15) is 9.59 Å². The summed E-state index contributed by atoms with van der Waals surface area (Å²) in [4.78, 5) is 22.0. The second-order valence-electron chi connectivity index (χ2n) is 2.87. The molecule has 1 rings (SSSR count). The third kappa shape index (κ3) is 2.85. The molecule has 0 aromatic heterocycles. The summed E-state index contributed by atoms with van der Waals surface area (Å²) in [5.41, 5.74) is 4.91. The summed E-state index contributed by atoms with van der Waals surface area (Å²) in [7, 11) is 0. The Hall–Kier alpha value is -1.30. The fraction of sp³-hybridized carbons (Fsp3) is 0.111. The van der Waals surface area contributed by atoms with Crippen LogP contribution in [0.25, 0.3) is 0 Å². The van der Waals surface area contributed by atoms with Gasteiger partial charge < -0.3 is 16.2 Å². The van der Waals surface area contributed by atoms with Crippen LogP contribution in [0.1, 0.15) is 10.4 Å². The van der Waals surface area contributed by atoms with Gasteiger partial charge in [-0.2, -0.15) is 0 Å². The van der Waals surface area contributed by atoms with Crippen LogP contribution < -0.4 is 11.1 Å². The molecule has 0 radical (unpaired) electrons. The number of nitrogens with one attached hydrogen (secondary N) is 1. The highest BCUT2D eigenvalue weighted by atomic mass is 35.5. The van der Waals surface area contributed by atoms with E-state index >= 15 is 0 Å². The molecule has 16 heavy (non-hydrogen) atoms. The molecule has 0 spiro atoms. The molecule has 7 heteroatoms. The van der Waals surface area contributed by atoms with Crippen molar-refractivity contribution in [2.45, 2.75) is 0 Å². The topological polar surface area (TPSA) is 92.4 Å². The van der Waals surface area contributed by atoms with Crippen molar-refractivity contribution in [2.24, 2.45) is 5.73 Å². The van der Waals surface area contributed by atoms with Gasteiger partial charge in [0.25, 0.3) is 0 Å². The van der Waals surface area contributed by atoms with E-state index in [1.165, 1.54) is 12.1 Å². The van der Waals surface area contributed by atoms with E-state index in [0.29, 0.717) is 0 Å². The molecule has 4 N–H and O–H groups in total. The lowest BCUT2D eigenvalue weighted by atomic mass is 10.1. The Bertz CT molecular complexity index is 449. The average Bonchev–Trinajstić information content (AvgIpc) is 2.15. The minimum atomic E-state index is -1.26. The lowest BCUT2D eigenvalue weighted by molar-refractivity contribution is -0.114. The number of aromatic carboxylic acids is 1. The van der Waals surface area contributed by atoms with Crippen molar-refractivity contribution in [2.75, 3.05) is 11.9 Å². The largest absolute Gasteiger partial charge is 0.478 e. The first kappa shape index (κ1) is 12.8. The number of carbonyl (C=O) groups is 2. The molecular formula is C9H8Cl2N2O3. The number of halogens is 2. The fourth-order valence-corrected chi connectivity index (χ4v) is 1.67. The van der Waals surface area contributed by atoms with Crippen LogP contribution in [0.15, 0.2) is 12.1 Å². The molecule has 0 aliphatic heterocycles. The molecule has 0 saturated carbocycles. The van der Waals surface area contributed by atoms with E-state index in [2.05, 4.69) is 5.32 Å². The SMILES string of the molecule is NCC(=O)Nc1cc(Cl)cc(Cl)c1C(=O)O. The first-order chi connectivity index (χ1) is 7.45. The van der Waals surface area contributed by atoms with E-state index in [1.807, 2.05) is 0 Å². The Morgan fingerprint density at radius 3 is 2.50 bits per heavy atom. The Morgan fingerprint density at radius 1 is 1.38 bits per heavy atom. The summed E-state index contributed by atoms with van der Waals surface area (Å²) in [5.74, 6) is -1.78. The predicted octanol–water partition coefficient (Wildman–Crippen LogP) is 1.59. The maximum absolute atomic E-state index is 11.1. The molecule has 0 aliphatic rings. The minimum Gasteiger partial charge on any atom is -0.478 e. The normalized spacial score (nSPS) is 9.94. The van der Waals surface area contributed by atoms with Gasteiger partial charge in [0.05, 0.1) is 17.3 Å². The van der Waals surface area contributed by atoms with Crippen molar-refractivity contribution in [3.8, 4) is 0 Å². The fourth-order valence-electron chi connectivity index (χ4n) is 1.09. The van der Waals surface area contributed by atoms with Gasteiger partial charge in [-0.15, -0.1) is 0 Å². The van der Waals surface area contributed by atoms with Gasteiger partial charge in [-0.25, -0.2) is 4.79 Å². The average molecular weight is 263 g/mol. The smallest absolute Gasteiger partial charge is 0.339 e. The van der Waals surface area contributed by atoms with E-state index < -0.39 is 11.9 Å². The minimum absolute atomic E-state index is 0.0282. The number of rotatable bonds is 3. The number of carbonyl (C=O) groups excluding carboxylic acids is 1. The third-order valence-electron chi connectivity index (χ3n) is 1.73. The van der Waals surface area contributed by atoms with Crippen LogP contribution in [0.5, 0.6) is 0 Å². The molecule has 1 aromatic carbocycles. The zero-order valence-electron chi connectivity index (χ0n) is 7.96. The van der Waals surface area contributed by atoms with Gasteiger partial charge in [-0.05, 0) is 12.1 Å². The number of nitrogens with two attached hydrogens (primary N) is 1. The summed E-state index contributed by atoms with van der Waals surface area (Å²) in [6, 6.07) is 2.58. The lowest BCUT2D eigenvalue weighted by Gasteiger charge is -2.09. The van der Waals surface area contributed by atoms with Crippen LogP contribution in [-0.2, 0) is 4.79 Å². The number of anilines is 1. The Morgan fingerprint density at radius 2 is 2.00 bits per heavy atom. The van der Waals surface area contributed by atoms with E-state index in [1.54, 1.807) is 0 Å². The highest BCUT2D eigenvalue weighted by Crippen LogP contribution is 2.29. The van der Waals surface area contributed by atoms with Gasteiger partial charge in [0.2, 0.25) is 5.91 Å². The van der Waals surface area contributed by atoms with Crippen molar-refractivity contribution in [3.05, 3.63) is 27.7 Å². The Balaban J connectivity index is 3.24. The summed E-state index contributed by atoms with van der Waals surface area (Å²) >= 11 is 11.4. The van der Waals surface area contributed by atoms with Crippen molar-refractivity contribution >= 4 is 40.8 Å². The quantitative estimate of drug-likeness (QED) is 0.772. The molecule has 0 atom stereocenters. The number of hydrogen-bond acceptors (Lipinski definition) is 3. The van der Waals surface area contributed by atoms with Gasteiger partial charge in [0.15, 0.2) is 0 Å². The van der Waals surface area contributed by atoms with Crippen LogP contribution in [0, 0.1) is 0 Å². The van der Waals surface area contributed by atoms with Gasteiger partial charge in [0, 0.05) is 5.02 Å². The van der Waals surface area contributed by atoms with E-state index in [-0.39, 0.29) is 27.8 Å². The van der Waals surface area contributed by atoms with E-state index in [4.69, 9.17) is 34.0 Å². The molecule has 0 fully saturated rings. The van der Waals surface area contributed by atoms with Crippen molar-refractivity contribution < 1.29 is 14.7 Å². The summed E-state index contributed by atoms with van der Waals surface area (Å²) in [6.45, 7) is -0.261. The van der Waals surface area contributed by atoms with Crippen LogP contribution in [0.2, 0.25) is 10.0 Å². The monoisotopic (exact) mass is 262 g/mol. The molecule has 0 bridgehead atoms. The zero-order chi connectivity index (χ0) is 12.3. The van der Waals surface area contributed by atoms with Crippen LogP contribution in [-0.4, -0.2) is 23.5 Å². The van der Waals surface area contributed by atoms with Crippen LogP contribution in [0.4, 0.5) is 5.69 Å². The van der Waals surface area contributed by atoms with Crippen LogP contribution in [0.3, 0.4) is 0 Å². The second-order valence-corrected chi connectivity index (χ2v) is 3.71. The van der Waals surface area contributed by atoms with Gasteiger partial charge in [0.1, 0.15) is 5.56 Å². The van der Waals surface area contributed by atoms with Crippen molar-refractivity contribution in [1.82, 2.24) is 0 Å². The first-order valence-corrected chi connectivity index (χ1v) is 4.93. The van der Waals surface area contributed by atoms with Crippen molar-refractivity contribution in [3.63, 3.8) is 0 Å². The molecule has 1 amide bonds. The first-order valence-electron chi connectivity index (χ1n) is 4.18. The molecule has 86 valence electrons. The number of benzene rings is 1. The lowest BCUT2D eigenvalue weighted by Crippen LogP contribution is -2.23. The molecule has 0 saturated heterocycles. The third-order valence-corrected chi connectivity index (χ3v) is 2.24. The maximum Gasteiger partial charge on any atom is 0.339 e. The summed E-state index contributed by atoms with van der Waals surface area (Å²) < 4.78 is 0. The molecule has 5 nitrogen and oxygen atoms in total. The van der Waals surface area contributed by atoms with Gasteiger partial charge in [-0.3, -0.25) is 4.79 Å². The maximum atomic E-state index is 11.1. The predicted molar refractivity (Wildman–Crippen MR) is 61.1 cm³/mol.